The van der Waals surface area contributed by atoms with Crippen LogP contribution in [0.2, 0.25) is 0 Å². The smallest absolute Gasteiger partial charge is 0.134 e. The maximum Gasteiger partial charge on any atom is 0.134 e. The summed E-state index contributed by atoms with van der Waals surface area (Å²) in [5, 5.41) is 1.03. The molecule has 0 aliphatic heterocycles. The molecule has 0 aliphatic rings. The zero-order valence-corrected chi connectivity index (χ0v) is 19.5. The van der Waals surface area contributed by atoms with Crippen molar-refractivity contribution in [2.45, 2.75) is 26.4 Å². The number of furan rings is 1. The van der Waals surface area contributed by atoms with E-state index in [2.05, 4.69) is 41.9 Å². The number of hydrogen-bond donors (Lipinski definition) is 0. The molecule has 3 rings (SSSR count). The van der Waals surface area contributed by atoms with Crippen molar-refractivity contribution in [3.8, 4) is 5.75 Å². The third-order valence-corrected chi connectivity index (χ3v) is 7.36. The van der Waals surface area contributed by atoms with Gasteiger partial charge in [-0.25, -0.2) is 0 Å². The molecule has 1 atom stereocenters. The molecule has 0 radical (unpaired) electrons. The SMILES string of the molecule is CSC(=Cc1ccc(C(C)C)cc1OCc1coc2ccc(Br)cc12)S(C)=O. The molecule has 6 heteroatoms. The molecule has 3 aromatic rings. The van der Waals surface area contributed by atoms with Crippen molar-refractivity contribution in [2.75, 3.05) is 12.5 Å². The van der Waals surface area contributed by atoms with Crippen LogP contribution in [-0.2, 0) is 17.4 Å². The Morgan fingerprint density at radius 1 is 1.29 bits per heavy atom. The molecule has 1 unspecified atom stereocenters. The molecule has 0 amide bonds. The minimum Gasteiger partial charge on any atom is -0.488 e. The lowest BCUT2D eigenvalue weighted by atomic mass is 10.0. The fourth-order valence-corrected chi connectivity index (χ4v) is 4.70. The summed E-state index contributed by atoms with van der Waals surface area (Å²) in [6, 6.07) is 12.2. The van der Waals surface area contributed by atoms with E-state index >= 15 is 0 Å². The van der Waals surface area contributed by atoms with Crippen LogP contribution in [0.4, 0.5) is 0 Å². The molecule has 148 valence electrons. The minimum absolute atomic E-state index is 0.395. The summed E-state index contributed by atoms with van der Waals surface area (Å²) in [6.45, 7) is 4.71. The van der Waals surface area contributed by atoms with E-state index < -0.39 is 10.8 Å². The van der Waals surface area contributed by atoms with Crippen molar-refractivity contribution >= 4 is 55.5 Å². The largest absolute Gasteiger partial charge is 0.488 e. The van der Waals surface area contributed by atoms with Crippen molar-refractivity contribution in [3.05, 3.63) is 68.1 Å². The van der Waals surface area contributed by atoms with Gasteiger partial charge in [-0.1, -0.05) is 41.9 Å². The highest BCUT2D eigenvalue weighted by molar-refractivity contribution is 9.10. The van der Waals surface area contributed by atoms with Crippen LogP contribution in [-0.4, -0.2) is 16.7 Å². The van der Waals surface area contributed by atoms with E-state index in [1.54, 1.807) is 12.5 Å². The fourth-order valence-electron chi connectivity index (χ4n) is 2.86. The first-order valence-electron chi connectivity index (χ1n) is 8.90. The van der Waals surface area contributed by atoms with Crippen LogP contribution in [0, 0.1) is 0 Å². The van der Waals surface area contributed by atoms with Gasteiger partial charge >= 0.3 is 0 Å². The van der Waals surface area contributed by atoms with E-state index in [0.717, 1.165) is 36.6 Å². The average Bonchev–Trinajstić information content (AvgIpc) is 3.06. The number of ether oxygens (including phenoxy) is 1. The molecule has 3 nitrogen and oxygen atoms in total. The molecule has 0 bridgehead atoms. The van der Waals surface area contributed by atoms with Crippen LogP contribution in [0.15, 0.2) is 55.8 Å². The standard InChI is InChI=1S/C22H23BrO3S2/c1-14(2)15-5-6-16(10-22(27-3)28(4)24)21(9-15)26-13-17-12-25-20-8-7-18(23)11-19(17)20/h5-12,14H,13H2,1-4H3. The Kier molecular flexibility index (Phi) is 7.07. The Morgan fingerprint density at radius 2 is 2.07 bits per heavy atom. The molecule has 0 saturated carbocycles. The van der Waals surface area contributed by atoms with E-state index in [0.29, 0.717) is 12.5 Å². The van der Waals surface area contributed by atoms with E-state index in [1.807, 2.05) is 36.6 Å². The van der Waals surface area contributed by atoms with E-state index in [4.69, 9.17) is 9.15 Å². The molecule has 28 heavy (non-hydrogen) atoms. The van der Waals surface area contributed by atoms with Gasteiger partial charge in [0.2, 0.25) is 0 Å². The van der Waals surface area contributed by atoms with Crippen LogP contribution in [0.1, 0.15) is 36.5 Å². The van der Waals surface area contributed by atoms with Gasteiger partial charge in [0.1, 0.15) is 17.9 Å². The molecule has 1 aromatic heterocycles. The summed E-state index contributed by atoms with van der Waals surface area (Å²) in [5.41, 5.74) is 3.96. The maximum atomic E-state index is 12.0. The number of thioether (sulfide) groups is 1. The third-order valence-electron chi connectivity index (χ3n) is 4.46. The highest BCUT2D eigenvalue weighted by Crippen LogP contribution is 2.31. The summed E-state index contributed by atoms with van der Waals surface area (Å²) in [5.74, 6) is 1.18. The second-order valence-corrected chi connectivity index (χ2v) is 10.1. The summed E-state index contributed by atoms with van der Waals surface area (Å²) in [6.07, 6.45) is 7.32. The number of hydrogen-bond acceptors (Lipinski definition) is 4. The lowest BCUT2D eigenvalue weighted by Gasteiger charge is -2.13. The zero-order chi connectivity index (χ0) is 20.3. The van der Waals surface area contributed by atoms with Crippen LogP contribution in [0.3, 0.4) is 0 Å². The lowest BCUT2D eigenvalue weighted by molar-refractivity contribution is 0.305. The predicted molar refractivity (Wildman–Crippen MR) is 124 cm³/mol. The lowest BCUT2D eigenvalue weighted by Crippen LogP contribution is -1.99. The molecule has 1 heterocycles. The van der Waals surface area contributed by atoms with Crippen molar-refractivity contribution in [3.63, 3.8) is 0 Å². The van der Waals surface area contributed by atoms with Gasteiger partial charge in [-0.3, -0.25) is 4.21 Å². The van der Waals surface area contributed by atoms with Crippen molar-refractivity contribution in [1.82, 2.24) is 0 Å². The molecule has 0 saturated heterocycles. The van der Waals surface area contributed by atoms with Gasteiger partial charge < -0.3 is 9.15 Å². The minimum atomic E-state index is -1.03. The second kappa shape index (κ2) is 9.33. The first kappa shape index (κ1) is 21.2. The number of halogens is 1. The Balaban J connectivity index is 1.95. The highest BCUT2D eigenvalue weighted by Gasteiger charge is 2.12. The number of benzene rings is 2. The summed E-state index contributed by atoms with van der Waals surface area (Å²) >= 11 is 5.01. The van der Waals surface area contributed by atoms with Crippen LogP contribution in [0.5, 0.6) is 5.75 Å². The van der Waals surface area contributed by atoms with Crippen LogP contribution < -0.4 is 4.74 Å². The Bertz CT molecular complexity index is 1040. The number of rotatable bonds is 7. The van der Waals surface area contributed by atoms with Gasteiger partial charge in [-0.15, -0.1) is 11.8 Å². The third kappa shape index (κ3) is 4.91. The van der Waals surface area contributed by atoms with Gasteiger partial charge in [0.25, 0.3) is 0 Å². The van der Waals surface area contributed by atoms with Gasteiger partial charge in [-0.2, -0.15) is 0 Å². The topological polar surface area (TPSA) is 39.4 Å². The molecule has 0 fully saturated rings. The molecular formula is C22H23BrO3S2. The molecule has 0 spiro atoms. The quantitative estimate of drug-likeness (QED) is 0.368. The molecule has 2 aromatic carbocycles. The Labute approximate surface area is 181 Å². The fraction of sp³-hybridized carbons (Fsp3) is 0.273. The summed E-state index contributed by atoms with van der Waals surface area (Å²) < 4.78 is 25.6. The normalized spacial score (nSPS) is 13.3. The molecule has 0 aliphatic carbocycles. The van der Waals surface area contributed by atoms with E-state index in [9.17, 15) is 4.21 Å². The average molecular weight is 479 g/mol. The van der Waals surface area contributed by atoms with Gasteiger partial charge in [0.15, 0.2) is 0 Å². The van der Waals surface area contributed by atoms with Crippen molar-refractivity contribution < 1.29 is 13.4 Å². The number of fused-ring (bicyclic) bond motifs is 1. The summed E-state index contributed by atoms with van der Waals surface area (Å²) in [4.78, 5) is 0. The zero-order valence-electron chi connectivity index (χ0n) is 16.3. The predicted octanol–water partition coefficient (Wildman–Crippen LogP) is 6.94. The Morgan fingerprint density at radius 3 is 2.75 bits per heavy atom. The van der Waals surface area contributed by atoms with E-state index in [-0.39, 0.29) is 0 Å². The van der Waals surface area contributed by atoms with Crippen molar-refractivity contribution in [1.29, 1.82) is 0 Å². The first-order valence-corrected chi connectivity index (χ1v) is 12.5. The highest BCUT2D eigenvalue weighted by atomic mass is 79.9. The monoisotopic (exact) mass is 478 g/mol. The van der Waals surface area contributed by atoms with Crippen LogP contribution in [0.25, 0.3) is 17.0 Å². The van der Waals surface area contributed by atoms with Gasteiger partial charge in [0.05, 0.1) is 21.3 Å². The summed E-state index contributed by atoms with van der Waals surface area (Å²) in [7, 11) is -1.03. The first-order chi connectivity index (χ1) is 13.4. The molecular weight excluding hydrogens is 456 g/mol. The van der Waals surface area contributed by atoms with Gasteiger partial charge in [0, 0.05) is 27.2 Å². The van der Waals surface area contributed by atoms with Crippen LogP contribution >= 0.6 is 27.7 Å². The second-order valence-electron chi connectivity index (χ2n) is 6.76. The molecule has 0 N–H and O–H groups in total. The Hall–Kier alpha value is -1.50. The van der Waals surface area contributed by atoms with Gasteiger partial charge in [-0.05, 0) is 48.1 Å². The van der Waals surface area contributed by atoms with E-state index in [1.165, 1.54) is 17.3 Å². The maximum absolute atomic E-state index is 12.0. The van der Waals surface area contributed by atoms with Crippen molar-refractivity contribution in [2.24, 2.45) is 0 Å².